The van der Waals surface area contributed by atoms with Crippen molar-refractivity contribution in [1.29, 1.82) is 0 Å². The molecule has 1 aromatic heterocycles. The Hall–Kier alpha value is -2.32. The van der Waals surface area contributed by atoms with Crippen molar-refractivity contribution in [2.24, 2.45) is 5.92 Å². The van der Waals surface area contributed by atoms with E-state index in [1.807, 2.05) is 12.1 Å². The van der Waals surface area contributed by atoms with E-state index in [-0.39, 0.29) is 16.7 Å². The number of nitrogens with zero attached hydrogens (tertiary/aromatic N) is 3. The number of piperidine rings is 1. The van der Waals surface area contributed by atoms with Crippen molar-refractivity contribution in [3.05, 3.63) is 60.2 Å². The van der Waals surface area contributed by atoms with Crippen LogP contribution in [0.15, 0.2) is 53.7 Å². The normalized spacial score (nSPS) is 15.9. The van der Waals surface area contributed by atoms with E-state index >= 15 is 0 Å². The van der Waals surface area contributed by atoms with Crippen molar-refractivity contribution in [2.75, 3.05) is 20.1 Å². The maximum absolute atomic E-state index is 13.9. The fourth-order valence-corrected chi connectivity index (χ4v) is 5.14. The Bertz CT molecular complexity index is 929. The number of benzene rings is 1. The molecular weight excluding hydrogens is 393 g/mol. The van der Waals surface area contributed by atoms with Gasteiger partial charge in [-0.2, -0.15) is 4.31 Å². The highest BCUT2D eigenvalue weighted by molar-refractivity contribution is 7.89. The van der Waals surface area contributed by atoms with Gasteiger partial charge in [0.25, 0.3) is 0 Å². The van der Waals surface area contributed by atoms with Crippen LogP contribution in [0.4, 0.5) is 4.39 Å². The van der Waals surface area contributed by atoms with Gasteiger partial charge in [-0.05, 0) is 48.9 Å². The molecule has 0 bridgehead atoms. The Kier molecular flexibility index (Phi) is 6.97. The van der Waals surface area contributed by atoms with Crippen LogP contribution < -0.4 is 0 Å². The Morgan fingerprint density at radius 2 is 1.93 bits per heavy atom. The quantitative estimate of drug-likeness (QED) is 0.692. The molecule has 0 saturated carbocycles. The number of hydrogen-bond acceptors (Lipinski definition) is 4. The number of carbonyl (C=O) groups is 1. The van der Waals surface area contributed by atoms with E-state index in [0.717, 1.165) is 18.1 Å². The van der Waals surface area contributed by atoms with E-state index in [4.69, 9.17) is 0 Å². The summed E-state index contributed by atoms with van der Waals surface area (Å²) in [5.74, 6) is -0.370. The van der Waals surface area contributed by atoms with Crippen LogP contribution in [0.25, 0.3) is 0 Å². The third-order valence-corrected chi connectivity index (χ3v) is 7.29. The van der Waals surface area contributed by atoms with Crippen LogP contribution in [-0.2, 0) is 21.4 Å². The lowest BCUT2D eigenvalue weighted by Gasteiger charge is -2.31. The molecule has 0 spiro atoms. The molecule has 0 atom stereocenters. The average molecular weight is 420 g/mol. The van der Waals surface area contributed by atoms with E-state index in [0.29, 0.717) is 38.9 Å². The first-order chi connectivity index (χ1) is 13.9. The maximum Gasteiger partial charge on any atom is 0.245 e. The van der Waals surface area contributed by atoms with E-state index in [9.17, 15) is 17.6 Å². The molecule has 1 aliphatic heterocycles. The summed E-state index contributed by atoms with van der Waals surface area (Å²) in [5, 5.41) is 0. The van der Waals surface area contributed by atoms with Gasteiger partial charge in [-0.15, -0.1) is 0 Å². The van der Waals surface area contributed by atoms with Crippen molar-refractivity contribution in [1.82, 2.24) is 14.2 Å². The van der Waals surface area contributed by atoms with E-state index < -0.39 is 15.8 Å². The van der Waals surface area contributed by atoms with Crippen LogP contribution in [0.5, 0.6) is 0 Å². The molecule has 1 aromatic carbocycles. The van der Waals surface area contributed by atoms with Gasteiger partial charge in [-0.1, -0.05) is 18.2 Å². The second-order valence-corrected chi connectivity index (χ2v) is 9.33. The fourth-order valence-electron chi connectivity index (χ4n) is 3.60. The monoisotopic (exact) mass is 419 g/mol. The molecule has 1 amide bonds. The average Bonchev–Trinajstić information content (AvgIpc) is 2.73. The first-order valence-corrected chi connectivity index (χ1v) is 11.2. The third-order valence-electron chi connectivity index (χ3n) is 5.36. The summed E-state index contributed by atoms with van der Waals surface area (Å²) in [5.41, 5.74) is 0.981. The van der Waals surface area contributed by atoms with E-state index in [1.165, 1.54) is 22.5 Å². The largest absolute Gasteiger partial charge is 0.341 e. The molecule has 29 heavy (non-hydrogen) atoms. The Balaban J connectivity index is 1.47. The topological polar surface area (TPSA) is 70.6 Å². The molecule has 0 radical (unpaired) electrons. The summed E-state index contributed by atoms with van der Waals surface area (Å²) in [6.07, 6.45) is 5.95. The highest BCUT2D eigenvalue weighted by Gasteiger charge is 2.31. The third kappa shape index (κ3) is 5.39. The Labute approximate surface area is 171 Å². The predicted molar refractivity (Wildman–Crippen MR) is 108 cm³/mol. The highest BCUT2D eigenvalue weighted by Crippen LogP contribution is 2.27. The molecule has 0 aliphatic carbocycles. The van der Waals surface area contributed by atoms with Crippen LogP contribution in [0.3, 0.4) is 0 Å². The van der Waals surface area contributed by atoms with Crippen molar-refractivity contribution in [3.8, 4) is 0 Å². The van der Waals surface area contributed by atoms with Gasteiger partial charge in [0, 0.05) is 45.5 Å². The zero-order valence-electron chi connectivity index (χ0n) is 16.5. The number of sulfonamides is 1. The van der Waals surface area contributed by atoms with Gasteiger partial charge < -0.3 is 4.90 Å². The van der Waals surface area contributed by atoms with Gasteiger partial charge in [0.1, 0.15) is 10.7 Å². The molecule has 156 valence electrons. The molecule has 1 saturated heterocycles. The van der Waals surface area contributed by atoms with Gasteiger partial charge in [0.15, 0.2) is 0 Å². The molecular formula is C21H26FN3O3S. The summed E-state index contributed by atoms with van der Waals surface area (Å²) in [7, 11) is -2.04. The fraction of sp³-hybridized carbons (Fsp3) is 0.429. The lowest BCUT2D eigenvalue weighted by atomic mass is 9.93. The highest BCUT2D eigenvalue weighted by atomic mass is 32.2. The number of pyridine rings is 1. The standard InChI is InChI=1S/C21H26FN3O3S/c1-24(16-18-5-4-12-23-15-18)21(26)9-8-17-10-13-25(14-11-17)29(27,28)20-7-3-2-6-19(20)22/h2-7,12,15,17H,8-11,13-14,16H2,1H3. The van der Waals surface area contributed by atoms with Crippen LogP contribution >= 0.6 is 0 Å². The first kappa shape index (κ1) is 21.4. The number of rotatable bonds is 7. The molecule has 0 N–H and O–H groups in total. The summed E-state index contributed by atoms with van der Waals surface area (Å²) >= 11 is 0. The minimum absolute atomic E-state index is 0.0651. The number of carbonyl (C=O) groups excluding carboxylic acids is 1. The lowest BCUT2D eigenvalue weighted by molar-refractivity contribution is -0.130. The maximum atomic E-state index is 13.9. The summed E-state index contributed by atoms with van der Waals surface area (Å²) in [4.78, 5) is 17.9. The molecule has 6 nitrogen and oxygen atoms in total. The SMILES string of the molecule is CN(Cc1cccnc1)C(=O)CCC1CCN(S(=O)(=O)c2ccccc2F)CC1. The van der Waals surface area contributed by atoms with Crippen LogP contribution in [0.1, 0.15) is 31.2 Å². The van der Waals surface area contributed by atoms with Crippen molar-refractivity contribution in [2.45, 2.75) is 37.1 Å². The number of aromatic nitrogens is 1. The second-order valence-electron chi connectivity index (χ2n) is 7.43. The summed E-state index contributed by atoms with van der Waals surface area (Å²) < 4.78 is 40.6. The number of amides is 1. The van der Waals surface area contributed by atoms with Crippen LogP contribution in [0, 0.1) is 11.7 Å². The summed E-state index contributed by atoms with van der Waals surface area (Å²) in [6.45, 7) is 1.22. The molecule has 1 fully saturated rings. The van der Waals surface area contributed by atoms with E-state index in [2.05, 4.69) is 4.98 Å². The molecule has 3 rings (SSSR count). The molecule has 2 heterocycles. The zero-order valence-corrected chi connectivity index (χ0v) is 17.3. The summed E-state index contributed by atoms with van der Waals surface area (Å²) in [6, 6.07) is 9.24. The van der Waals surface area contributed by atoms with Crippen LogP contribution in [-0.4, -0.2) is 48.7 Å². The lowest BCUT2D eigenvalue weighted by Crippen LogP contribution is -2.39. The molecule has 0 unspecified atom stereocenters. The first-order valence-electron chi connectivity index (χ1n) is 9.75. The number of halogens is 1. The van der Waals surface area contributed by atoms with Gasteiger partial charge in [0.05, 0.1) is 0 Å². The second kappa shape index (κ2) is 9.45. The minimum atomic E-state index is -3.82. The smallest absolute Gasteiger partial charge is 0.245 e. The minimum Gasteiger partial charge on any atom is -0.341 e. The van der Waals surface area contributed by atoms with Gasteiger partial charge in [-0.25, -0.2) is 12.8 Å². The van der Waals surface area contributed by atoms with Gasteiger partial charge in [-0.3, -0.25) is 9.78 Å². The van der Waals surface area contributed by atoms with Crippen molar-refractivity contribution in [3.63, 3.8) is 0 Å². The van der Waals surface area contributed by atoms with Gasteiger partial charge >= 0.3 is 0 Å². The molecule has 1 aliphatic rings. The number of hydrogen-bond donors (Lipinski definition) is 0. The predicted octanol–water partition coefficient (Wildman–Crippen LogP) is 3.06. The Morgan fingerprint density at radius 1 is 1.21 bits per heavy atom. The van der Waals surface area contributed by atoms with Gasteiger partial charge in [0.2, 0.25) is 15.9 Å². The van der Waals surface area contributed by atoms with Crippen molar-refractivity contribution < 1.29 is 17.6 Å². The Morgan fingerprint density at radius 3 is 2.59 bits per heavy atom. The van der Waals surface area contributed by atoms with Crippen LogP contribution in [0.2, 0.25) is 0 Å². The zero-order chi connectivity index (χ0) is 20.9. The molecule has 2 aromatic rings. The van der Waals surface area contributed by atoms with E-state index in [1.54, 1.807) is 24.3 Å². The van der Waals surface area contributed by atoms with Crippen molar-refractivity contribution >= 4 is 15.9 Å². The molecule has 8 heteroatoms.